The van der Waals surface area contributed by atoms with Crippen molar-refractivity contribution in [3.05, 3.63) is 66.4 Å². The first-order valence-electron chi connectivity index (χ1n) is 8.78. The van der Waals surface area contributed by atoms with Crippen LogP contribution >= 0.6 is 0 Å². The van der Waals surface area contributed by atoms with Crippen molar-refractivity contribution in [1.82, 2.24) is 9.88 Å². The van der Waals surface area contributed by atoms with Crippen molar-refractivity contribution in [2.45, 2.75) is 0 Å². The van der Waals surface area contributed by atoms with Gasteiger partial charge in [-0.2, -0.15) is 0 Å². The zero-order valence-corrected chi connectivity index (χ0v) is 14.8. The van der Waals surface area contributed by atoms with E-state index in [9.17, 15) is 4.79 Å². The van der Waals surface area contributed by atoms with E-state index in [1.54, 1.807) is 13.2 Å². The zero-order valence-electron chi connectivity index (χ0n) is 14.8. The fraction of sp³-hybridized carbons (Fsp3) is 0.238. The summed E-state index contributed by atoms with van der Waals surface area (Å²) >= 11 is 0. The number of carbonyl (C=O) groups excluding carboxylic acids is 1. The SMILES string of the molecule is COc1cccc(C(=O)N2CCN(c3nccc4ccccc34)CC2)c1. The minimum atomic E-state index is 0.0504. The largest absolute Gasteiger partial charge is 0.497 e. The minimum absolute atomic E-state index is 0.0504. The molecule has 0 N–H and O–H groups in total. The molecule has 132 valence electrons. The number of hydrogen-bond donors (Lipinski definition) is 0. The first-order chi connectivity index (χ1) is 12.8. The molecular weight excluding hydrogens is 326 g/mol. The van der Waals surface area contributed by atoms with Crippen LogP contribution in [0.4, 0.5) is 5.82 Å². The van der Waals surface area contributed by atoms with Gasteiger partial charge in [0.05, 0.1) is 7.11 Å². The Hall–Kier alpha value is -3.08. The highest BCUT2D eigenvalue weighted by molar-refractivity contribution is 5.95. The summed E-state index contributed by atoms with van der Waals surface area (Å²) in [5.41, 5.74) is 0.668. The smallest absolute Gasteiger partial charge is 0.254 e. The van der Waals surface area contributed by atoms with Gasteiger partial charge in [-0.3, -0.25) is 4.79 Å². The molecule has 2 aromatic carbocycles. The summed E-state index contributed by atoms with van der Waals surface area (Å²) in [6, 6.07) is 17.6. The van der Waals surface area contributed by atoms with Gasteiger partial charge in [0.25, 0.3) is 5.91 Å². The van der Waals surface area contributed by atoms with Crippen LogP contribution in [0.3, 0.4) is 0 Å². The van der Waals surface area contributed by atoms with Gasteiger partial charge in [0, 0.05) is 43.3 Å². The number of carbonyl (C=O) groups is 1. The summed E-state index contributed by atoms with van der Waals surface area (Å²) < 4.78 is 5.22. The second-order valence-electron chi connectivity index (χ2n) is 6.37. The summed E-state index contributed by atoms with van der Waals surface area (Å²) in [5.74, 6) is 1.75. The summed E-state index contributed by atoms with van der Waals surface area (Å²) in [6.45, 7) is 2.91. The average Bonchev–Trinajstić information content (AvgIpc) is 2.73. The molecule has 1 amide bonds. The van der Waals surface area contributed by atoms with Crippen LogP contribution in [-0.4, -0.2) is 49.1 Å². The van der Waals surface area contributed by atoms with Gasteiger partial charge in [0.2, 0.25) is 0 Å². The Kier molecular flexibility index (Phi) is 4.44. The van der Waals surface area contributed by atoms with Crippen LogP contribution in [0, 0.1) is 0 Å². The maximum absolute atomic E-state index is 12.8. The molecule has 0 unspecified atom stereocenters. The number of rotatable bonds is 3. The lowest BCUT2D eigenvalue weighted by atomic mass is 10.1. The molecule has 5 heteroatoms. The Morgan fingerprint density at radius 2 is 1.81 bits per heavy atom. The molecule has 1 aliphatic heterocycles. The lowest BCUT2D eigenvalue weighted by Gasteiger charge is -2.36. The Morgan fingerprint density at radius 3 is 2.62 bits per heavy atom. The van der Waals surface area contributed by atoms with Crippen LogP contribution in [0.2, 0.25) is 0 Å². The number of pyridine rings is 1. The summed E-state index contributed by atoms with van der Waals surface area (Å²) in [7, 11) is 1.61. The third kappa shape index (κ3) is 3.08. The zero-order chi connectivity index (χ0) is 17.9. The van der Waals surface area contributed by atoms with E-state index in [0.717, 1.165) is 24.3 Å². The molecule has 0 radical (unpaired) electrons. The van der Waals surface area contributed by atoms with Crippen molar-refractivity contribution < 1.29 is 9.53 Å². The second-order valence-corrected chi connectivity index (χ2v) is 6.37. The van der Waals surface area contributed by atoms with E-state index in [2.05, 4.69) is 22.0 Å². The number of anilines is 1. The van der Waals surface area contributed by atoms with Gasteiger partial charge >= 0.3 is 0 Å². The van der Waals surface area contributed by atoms with Gasteiger partial charge in [0.15, 0.2) is 0 Å². The van der Waals surface area contributed by atoms with Crippen LogP contribution in [0.15, 0.2) is 60.8 Å². The van der Waals surface area contributed by atoms with Crippen molar-refractivity contribution >= 4 is 22.5 Å². The molecule has 5 nitrogen and oxygen atoms in total. The lowest BCUT2D eigenvalue weighted by Crippen LogP contribution is -2.49. The first-order valence-corrected chi connectivity index (χ1v) is 8.78. The van der Waals surface area contributed by atoms with Gasteiger partial charge in [-0.15, -0.1) is 0 Å². The fourth-order valence-electron chi connectivity index (χ4n) is 3.42. The molecule has 2 heterocycles. The summed E-state index contributed by atoms with van der Waals surface area (Å²) in [5, 5.41) is 2.34. The Morgan fingerprint density at radius 1 is 1.00 bits per heavy atom. The van der Waals surface area contributed by atoms with E-state index < -0.39 is 0 Å². The highest BCUT2D eigenvalue weighted by Gasteiger charge is 2.23. The number of hydrogen-bond acceptors (Lipinski definition) is 4. The van der Waals surface area contributed by atoms with Crippen LogP contribution in [-0.2, 0) is 0 Å². The fourth-order valence-corrected chi connectivity index (χ4v) is 3.42. The molecule has 1 aliphatic rings. The molecule has 0 spiro atoms. The molecule has 0 bridgehead atoms. The van der Waals surface area contributed by atoms with Crippen molar-refractivity contribution in [2.24, 2.45) is 0 Å². The molecule has 0 atom stereocenters. The molecule has 1 aromatic heterocycles. The van der Waals surface area contributed by atoms with Crippen LogP contribution < -0.4 is 9.64 Å². The predicted octanol–water partition coefficient (Wildman–Crippen LogP) is 3.21. The first kappa shape index (κ1) is 16.4. The molecule has 1 saturated heterocycles. The average molecular weight is 347 g/mol. The van der Waals surface area contributed by atoms with Crippen molar-refractivity contribution in [3.63, 3.8) is 0 Å². The quantitative estimate of drug-likeness (QED) is 0.730. The molecule has 3 aromatic rings. The maximum atomic E-state index is 12.8. The molecule has 26 heavy (non-hydrogen) atoms. The van der Waals surface area contributed by atoms with Crippen molar-refractivity contribution in [2.75, 3.05) is 38.2 Å². The predicted molar refractivity (Wildman–Crippen MR) is 103 cm³/mol. The lowest BCUT2D eigenvalue weighted by molar-refractivity contribution is 0.0746. The number of benzene rings is 2. The molecule has 0 saturated carbocycles. The van der Waals surface area contributed by atoms with Gasteiger partial charge in [0.1, 0.15) is 11.6 Å². The van der Waals surface area contributed by atoms with E-state index in [1.165, 1.54) is 5.39 Å². The number of fused-ring (bicyclic) bond motifs is 1. The monoisotopic (exact) mass is 347 g/mol. The number of ether oxygens (including phenoxy) is 1. The Bertz CT molecular complexity index is 928. The highest BCUT2D eigenvalue weighted by Crippen LogP contribution is 2.25. The van der Waals surface area contributed by atoms with Crippen LogP contribution in [0.25, 0.3) is 10.8 Å². The summed E-state index contributed by atoms with van der Waals surface area (Å²) in [6.07, 6.45) is 1.85. The van der Waals surface area contributed by atoms with E-state index in [1.807, 2.05) is 47.5 Å². The normalized spacial score (nSPS) is 14.5. The minimum Gasteiger partial charge on any atom is -0.497 e. The Balaban J connectivity index is 1.49. The Labute approximate surface area is 152 Å². The van der Waals surface area contributed by atoms with Gasteiger partial charge in [-0.25, -0.2) is 4.98 Å². The van der Waals surface area contributed by atoms with Gasteiger partial charge in [-0.05, 0) is 29.7 Å². The second kappa shape index (κ2) is 7.04. The highest BCUT2D eigenvalue weighted by atomic mass is 16.5. The number of aromatic nitrogens is 1. The van der Waals surface area contributed by atoms with Crippen LogP contribution in [0.5, 0.6) is 5.75 Å². The third-order valence-electron chi connectivity index (χ3n) is 4.84. The van der Waals surface area contributed by atoms with E-state index in [-0.39, 0.29) is 5.91 Å². The number of piperazine rings is 1. The number of amides is 1. The van der Waals surface area contributed by atoms with E-state index >= 15 is 0 Å². The van der Waals surface area contributed by atoms with Gasteiger partial charge in [-0.1, -0.05) is 30.3 Å². The number of nitrogens with zero attached hydrogens (tertiary/aromatic N) is 3. The molecule has 4 rings (SSSR count). The van der Waals surface area contributed by atoms with E-state index in [0.29, 0.717) is 24.4 Å². The van der Waals surface area contributed by atoms with Crippen LogP contribution in [0.1, 0.15) is 10.4 Å². The third-order valence-corrected chi connectivity index (χ3v) is 4.84. The van der Waals surface area contributed by atoms with Crippen molar-refractivity contribution in [1.29, 1.82) is 0 Å². The van der Waals surface area contributed by atoms with E-state index in [4.69, 9.17) is 4.74 Å². The number of methoxy groups -OCH3 is 1. The topological polar surface area (TPSA) is 45.7 Å². The standard InChI is InChI=1S/C21H21N3O2/c1-26-18-7-4-6-17(15-18)21(25)24-13-11-23(12-14-24)20-19-8-3-2-5-16(19)9-10-22-20/h2-10,15H,11-14H2,1H3. The summed E-state index contributed by atoms with van der Waals surface area (Å²) in [4.78, 5) is 21.5. The molecule has 0 aliphatic carbocycles. The maximum Gasteiger partial charge on any atom is 0.254 e. The van der Waals surface area contributed by atoms with Gasteiger partial charge < -0.3 is 14.5 Å². The molecular formula is C21H21N3O2. The van der Waals surface area contributed by atoms with Crippen molar-refractivity contribution in [3.8, 4) is 5.75 Å². The molecule has 1 fully saturated rings.